The molecule has 7 heteroatoms. The van der Waals surface area contributed by atoms with E-state index < -0.39 is 12.1 Å². The number of likely N-dealkylation sites (tertiary alicyclic amines) is 1. The zero-order chi connectivity index (χ0) is 24.9. The molecule has 0 bridgehead atoms. The molecule has 0 saturated carbocycles. The molecule has 35 heavy (non-hydrogen) atoms. The van der Waals surface area contributed by atoms with Crippen molar-refractivity contribution in [2.24, 2.45) is 11.8 Å². The van der Waals surface area contributed by atoms with Crippen LogP contribution in [-0.2, 0) is 14.3 Å². The Labute approximate surface area is 206 Å². The summed E-state index contributed by atoms with van der Waals surface area (Å²) in [5.41, 5.74) is 4.73. The molecule has 1 unspecified atom stereocenters. The highest BCUT2D eigenvalue weighted by Crippen LogP contribution is 2.44. The minimum absolute atomic E-state index is 0.0236. The number of carbonyl (C=O) groups excluding carboxylic acids is 2. The fraction of sp³-hybridized carbons (Fsp3) is 0.464. The number of carbonyl (C=O) groups is 3. The highest BCUT2D eigenvalue weighted by molar-refractivity contribution is 5.79. The van der Waals surface area contributed by atoms with Crippen molar-refractivity contribution in [1.29, 1.82) is 0 Å². The van der Waals surface area contributed by atoms with Gasteiger partial charge in [-0.15, -0.1) is 0 Å². The average Bonchev–Trinajstić information content (AvgIpc) is 3.18. The molecule has 1 aliphatic carbocycles. The maximum Gasteiger partial charge on any atom is 0.407 e. The SMILES string of the molecule is CC(CCC(=O)N1CC[C@H](C(=O)O)C[C@@H]1C)CNC(=O)OCC1c2ccccc2-c2ccccc21. The van der Waals surface area contributed by atoms with Crippen molar-refractivity contribution in [3.05, 3.63) is 59.7 Å². The summed E-state index contributed by atoms with van der Waals surface area (Å²) in [6.45, 7) is 5.10. The van der Waals surface area contributed by atoms with Crippen molar-refractivity contribution in [3.8, 4) is 11.1 Å². The average molecular weight is 479 g/mol. The van der Waals surface area contributed by atoms with E-state index in [9.17, 15) is 19.5 Å². The number of piperidine rings is 1. The summed E-state index contributed by atoms with van der Waals surface area (Å²) >= 11 is 0. The predicted octanol–water partition coefficient (Wildman–Crippen LogP) is 4.65. The monoisotopic (exact) mass is 478 g/mol. The number of nitrogens with one attached hydrogen (secondary N) is 1. The van der Waals surface area contributed by atoms with E-state index in [-0.39, 0.29) is 36.3 Å². The molecule has 2 aromatic rings. The van der Waals surface area contributed by atoms with Crippen molar-refractivity contribution in [3.63, 3.8) is 0 Å². The fourth-order valence-corrected chi connectivity index (χ4v) is 5.29. The summed E-state index contributed by atoms with van der Waals surface area (Å²) in [6.07, 6.45) is 1.59. The summed E-state index contributed by atoms with van der Waals surface area (Å²) in [5, 5.41) is 12.0. The second kappa shape index (κ2) is 10.9. The van der Waals surface area contributed by atoms with Gasteiger partial charge in [0.2, 0.25) is 5.91 Å². The number of carboxylic acid groups (broad SMARTS) is 1. The van der Waals surface area contributed by atoms with Crippen LogP contribution in [0, 0.1) is 11.8 Å². The Kier molecular flexibility index (Phi) is 7.73. The lowest BCUT2D eigenvalue weighted by Gasteiger charge is -2.36. The number of nitrogens with zero attached hydrogens (tertiary/aromatic N) is 1. The van der Waals surface area contributed by atoms with Gasteiger partial charge in [-0.3, -0.25) is 9.59 Å². The molecule has 0 aromatic heterocycles. The maximum atomic E-state index is 12.6. The largest absolute Gasteiger partial charge is 0.481 e. The molecule has 2 aliphatic rings. The molecule has 186 valence electrons. The standard InChI is InChI=1S/C28H34N2O5/c1-18(11-12-26(31)30-14-13-20(27(32)33)15-19(30)2)16-29-28(34)35-17-25-23-9-5-3-7-21(23)22-8-4-6-10-24(22)25/h3-10,18-20,25H,11-17H2,1-2H3,(H,29,34)(H,32,33)/t18?,19-,20-/m0/s1. The molecular weight excluding hydrogens is 444 g/mol. The van der Waals surface area contributed by atoms with Crippen LogP contribution < -0.4 is 5.32 Å². The van der Waals surface area contributed by atoms with E-state index in [1.165, 1.54) is 22.3 Å². The summed E-state index contributed by atoms with van der Waals surface area (Å²) in [4.78, 5) is 38.0. The number of alkyl carbamates (subject to hydrolysis) is 1. The number of hydrogen-bond donors (Lipinski definition) is 2. The van der Waals surface area contributed by atoms with Gasteiger partial charge in [0, 0.05) is 31.5 Å². The Bertz CT molecular complexity index is 1040. The fourth-order valence-electron chi connectivity index (χ4n) is 5.29. The number of fused-ring (bicyclic) bond motifs is 3. The van der Waals surface area contributed by atoms with Gasteiger partial charge < -0.3 is 20.1 Å². The highest BCUT2D eigenvalue weighted by atomic mass is 16.5. The second-order valence-electron chi connectivity index (χ2n) is 9.85. The summed E-state index contributed by atoms with van der Waals surface area (Å²) < 4.78 is 5.58. The Morgan fingerprint density at radius 2 is 1.71 bits per heavy atom. The molecule has 1 saturated heterocycles. The molecular formula is C28H34N2O5. The Hall–Kier alpha value is -3.35. The van der Waals surface area contributed by atoms with Crippen LogP contribution in [0.15, 0.2) is 48.5 Å². The zero-order valence-corrected chi connectivity index (χ0v) is 20.4. The number of ether oxygens (including phenoxy) is 1. The number of carboxylic acids is 1. The van der Waals surface area contributed by atoms with Gasteiger partial charge in [0.15, 0.2) is 0 Å². The third-order valence-electron chi connectivity index (χ3n) is 7.34. The van der Waals surface area contributed by atoms with Crippen LogP contribution in [0.5, 0.6) is 0 Å². The lowest BCUT2D eigenvalue weighted by molar-refractivity contribution is -0.147. The van der Waals surface area contributed by atoms with Crippen molar-refractivity contribution in [1.82, 2.24) is 10.2 Å². The number of benzene rings is 2. The third-order valence-corrected chi connectivity index (χ3v) is 7.34. The molecule has 2 aromatic carbocycles. The van der Waals surface area contributed by atoms with Crippen molar-refractivity contribution in [2.45, 2.75) is 51.5 Å². The van der Waals surface area contributed by atoms with E-state index in [4.69, 9.17) is 4.74 Å². The summed E-state index contributed by atoms with van der Waals surface area (Å²) in [5.74, 6) is -0.956. The molecule has 0 radical (unpaired) electrons. The van der Waals surface area contributed by atoms with Gasteiger partial charge in [-0.1, -0.05) is 55.5 Å². The van der Waals surface area contributed by atoms with Crippen LogP contribution >= 0.6 is 0 Å². The van der Waals surface area contributed by atoms with Gasteiger partial charge in [0.25, 0.3) is 0 Å². The van der Waals surface area contributed by atoms with E-state index in [1.54, 1.807) is 4.90 Å². The van der Waals surface area contributed by atoms with Crippen LogP contribution in [0.25, 0.3) is 11.1 Å². The predicted molar refractivity (Wildman–Crippen MR) is 133 cm³/mol. The van der Waals surface area contributed by atoms with E-state index in [2.05, 4.69) is 29.6 Å². The van der Waals surface area contributed by atoms with Gasteiger partial charge in [-0.25, -0.2) is 4.79 Å². The van der Waals surface area contributed by atoms with Gasteiger partial charge in [-0.05, 0) is 54.4 Å². The smallest absolute Gasteiger partial charge is 0.407 e. The van der Waals surface area contributed by atoms with Gasteiger partial charge in [-0.2, -0.15) is 0 Å². The number of aliphatic carboxylic acids is 1. The van der Waals surface area contributed by atoms with Crippen LogP contribution in [-0.4, -0.2) is 53.7 Å². The molecule has 0 spiro atoms. The normalized spacial score (nSPS) is 20.0. The molecule has 2 amide bonds. The first kappa shape index (κ1) is 24.8. The summed E-state index contributed by atoms with van der Waals surface area (Å²) in [6, 6.07) is 16.4. The molecule has 3 atom stereocenters. The molecule has 1 fully saturated rings. The number of rotatable bonds is 8. The summed E-state index contributed by atoms with van der Waals surface area (Å²) in [7, 11) is 0. The number of amides is 2. The topological polar surface area (TPSA) is 95.9 Å². The molecule has 7 nitrogen and oxygen atoms in total. The maximum absolute atomic E-state index is 12.6. The van der Waals surface area contributed by atoms with Crippen molar-refractivity contribution in [2.75, 3.05) is 19.7 Å². The van der Waals surface area contributed by atoms with Gasteiger partial charge in [0.1, 0.15) is 6.61 Å². The lowest BCUT2D eigenvalue weighted by Crippen LogP contribution is -2.46. The van der Waals surface area contributed by atoms with Crippen LogP contribution in [0.1, 0.15) is 56.6 Å². The van der Waals surface area contributed by atoms with E-state index >= 15 is 0 Å². The van der Waals surface area contributed by atoms with E-state index in [0.29, 0.717) is 38.8 Å². The van der Waals surface area contributed by atoms with Gasteiger partial charge in [0.05, 0.1) is 5.92 Å². The molecule has 2 N–H and O–H groups in total. The first-order valence-corrected chi connectivity index (χ1v) is 12.5. The van der Waals surface area contributed by atoms with E-state index in [1.807, 2.05) is 38.1 Å². The Morgan fingerprint density at radius 1 is 1.09 bits per heavy atom. The minimum atomic E-state index is -0.781. The van der Waals surface area contributed by atoms with Crippen molar-refractivity contribution >= 4 is 18.0 Å². The molecule has 4 rings (SSSR count). The lowest BCUT2D eigenvalue weighted by atomic mass is 9.91. The molecule has 1 heterocycles. The third kappa shape index (κ3) is 5.66. The second-order valence-corrected chi connectivity index (χ2v) is 9.85. The highest BCUT2D eigenvalue weighted by Gasteiger charge is 2.32. The first-order chi connectivity index (χ1) is 16.8. The minimum Gasteiger partial charge on any atom is -0.481 e. The zero-order valence-electron chi connectivity index (χ0n) is 20.4. The van der Waals surface area contributed by atoms with Gasteiger partial charge >= 0.3 is 12.1 Å². The Morgan fingerprint density at radius 3 is 2.31 bits per heavy atom. The first-order valence-electron chi connectivity index (χ1n) is 12.5. The van der Waals surface area contributed by atoms with Crippen LogP contribution in [0.3, 0.4) is 0 Å². The molecule has 1 aliphatic heterocycles. The van der Waals surface area contributed by atoms with E-state index in [0.717, 1.165) is 0 Å². The van der Waals surface area contributed by atoms with Crippen LogP contribution in [0.2, 0.25) is 0 Å². The van der Waals surface area contributed by atoms with Crippen molar-refractivity contribution < 1.29 is 24.2 Å². The van der Waals surface area contributed by atoms with Crippen LogP contribution in [0.4, 0.5) is 4.79 Å². The quantitative estimate of drug-likeness (QED) is 0.576. The number of hydrogen-bond acceptors (Lipinski definition) is 4. The Balaban J connectivity index is 1.20.